The molecule has 4 heterocycles. The van der Waals surface area contributed by atoms with Gasteiger partial charge in [0.25, 0.3) is 17.4 Å². The van der Waals surface area contributed by atoms with E-state index in [0.717, 1.165) is 18.2 Å². The number of aryl methyl sites for hydroxylation is 1. The molecule has 0 atom stereocenters. The largest absolute Gasteiger partial charge is 0.381 e. The zero-order valence-corrected chi connectivity index (χ0v) is 23.3. The van der Waals surface area contributed by atoms with E-state index in [1.54, 1.807) is 17.1 Å². The maximum Gasteiger partial charge on any atom is 0.298 e. The number of nitrogens with zero attached hydrogens (tertiary/aromatic N) is 4. The number of aromatic nitrogens is 3. The minimum atomic E-state index is -2.14. The standard InChI is InChI=1S/C30H29F2N7O4/c1-2-39-27-24(17-34-39)26(35-22-11-13-42-14-12-22)23(16-33-27)25-15-30(43-38-25,28(40)36-20-7-3-18(31)4-8-20)29(41)37-21-9-5-19(32)6-10-21/h3-10,16-17,22H,2,11-15H2,1H3,(H,33,35)(H,36,40)(H,37,41). The molecular weight excluding hydrogens is 560 g/mol. The van der Waals surface area contributed by atoms with Crippen LogP contribution in [0.5, 0.6) is 0 Å². The average Bonchev–Trinajstić information content (AvgIpc) is 3.66. The highest BCUT2D eigenvalue weighted by atomic mass is 19.1. The molecule has 2 aliphatic heterocycles. The summed E-state index contributed by atoms with van der Waals surface area (Å²) >= 11 is 0. The van der Waals surface area contributed by atoms with Crippen molar-refractivity contribution < 1.29 is 27.9 Å². The van der Waals surface area contributed by atoms with Gasteiger partial charge in [0.2, 0.25) is 0 Å². The first-order chi connectivity index (χ1) is 20.9. The first-order valence-corrected chi connectivity index (χ1v) is 13.9. The Hall–Kier alpha value is -4.91. The van der Waals surface area contributed by atoms with Crippen LogP contribution in [-0.4, -0.2) is 57.1 Å². The highest BCUT2D eigenvalue weighted by molar-refractivity contribution is 6.23. The van der Waals surface area contributed by atoms with E-state index in [9.17, 15) is 18.4 Å². The van der Waals surface area contributed by atoms with E-state index in [1.165, 1.54) is 48.5 Å². The second kappa shape index (κ2) is 11.8. The predicted molar refractivity (Wildman–Crippen MR) is 156 cm³/mol. The van der Waals surface area contributed by atoms with E-state index in [-0.39, 0.29) is 23.8 Å². The van der Waals surface area contributed by atoms with E-state index in [4.69, 9.17) is 9.57 Å². The third-order valence-corrected chi connectivity index (χ3v) is 7.51. The topological polar surface area (TPSA) is 132 Å². The van der Waals surface area contributed by atoms with E-state index in [2.05, 4.69) is 31.2 Å². The molecule has 13 heteroatoms. The van der Waals surface area contributed by atoms with Gasteiger partial charge in [0.1, 0.15) is 11.6 Å². The molecule has 2 aliphatic rings. The highest BCUT2D eigenvalue weighted by Crippen LogP contribution is 2.35. The number of carbonyl (C=O) groups is 2. The lowest BCUT2D eigenvalue weighted by molar-refractivity contribution is -0.150. The number of hydrogen-bond acceptors (Lipinski definition) is 8. The predicted octanol–water partition coefficient (Wildman–Crippen LogP) is 4.46. The van der Waals surface area contributed by atoms with Crippen molar-refractivity contribution in [3.63, 3.8) is 0 Å². The normalized spacial score (nSPS) is 16.4. The summed E-state index contributed by atoms with van der Waals surface area (Å²) < 4.78 is 34.3. The smallest absolute Gasteiger partial charge is 0.298 e. The first-order valence-electron chi connectivity index (χ1n) is 13.9. The summed E-state index contributed by atoms with van der Waals surface area (Å²) in [6, 6.07) is 10.3. The third-order valence-electron chi connectivity index (χ3n) is 7.51. The van der Waals surface area contributed by atoms with Crippen molar-refractivity contribution in [2.45, 2.75) is 44.4 Å². The lowest BCUT2D eigenvalue weighted by Crippen LogP contribution is -2.53. The van der Waals surface area contributed by atoms with Gasteiger partial charge in [0, 0.05) is 48.9 Å². The van der Waals surface area contributed by atoms with Crippen molar-refractivity contribution in [1.29, 1.82) is 0 Å². The molecule has 1 saturated heterocycles. The highest BCUT2D eigenvalue weighted by Gasteiger charge is 2.54. The number of carbonyl (C=O) groups excluding carboxylic acids is 2. The number of fused-ring (bicyclic) bond motifs is 1. The van der Waals surface area contributed by atoms with Gasteiger partial charge in [-0.05, 0) is 68.3 Å². The van der Waals surface area contributed by atoms with Gasteiger partial charge in [-0.2, -0.15) is 5.10 Å². The van der Waals surface area contributed by atoms with Gasteiger partial charge in [0.05, 0.1) is 29.4 Å². The monoisotopic (exact) mass is 589 g/mol. The molecule has 11 nitrogen and oxygen atoms in total. The number of ether oxygens (including phenoxy) is 1. The quantitative estimate of drug-likeness (QED) is 0.259. The molecule has 3 N–H and O–H groups in total. The molecule has 1 fully saturated rings. The SMILES string of the molecule is CCn1ncc2c(NC3CCOCC3)c(C3=NOC(C(=O)Nc4ccc(F)cc4)(C(=O)Nc4ccc(F)cc4)C3)cnc21. The molecule has 43 heavy (non-hydrogen) atoms. The third kappa shape index (κ3) is 5.63. The summed E-state index contributed by atoms with van der Waals surface area (Å²) in [6.07, 6.45) is 4.69. The Kier molecular flexibility index (Phi) is 7.72. The molecular formula is C30H29F2N7O4. The summed E-state index contributed by atoms with van der Waals surface area (Å²) in [5, 5.41) is 18.3. The molecule has 6 rings (SSSR count). The average molecular weight is 590 g/mol. The fraction of sp³-hybridized carbons (Fsp3) is 0.300. The van der Waals surface area contributed by atoms with Crippen LogP contribution >= 0.6 is 0 Å². The number of hydrogen-bond donors (Lipinski definition) is 3. The molecule has 0 radical (unpaired) electrons. The molecule has 0 unspecified atom stereocenters. The fourth-order valence-electron chi connectivity index (χ4n) is 5.13. The van der Waals surface area contributed by atoms with Crippen LogP contribution in [0.3, 0.4) is 0 Å². The summed E-state index contributed by atoms with van der Waals surface area (Å²) in [5.41, 5.74) is 0.639. The zero-order chi connectivity index (χ0) is 30.0. The Morgan fingerprint density at radius 2 is 1.56 bits per heavy atom. The second-order valence-electron chi connectivity index (χ2n) is 10.3. The van der Waals surface area contributed by atoms with Crippen molar-refractivity contribution in [3.05, 3.63) is 78.1 Å². The van der Waals surface area contributed by atoms with Crippen molar-refractivity contribution in [2.75, 3.05) is 29.2 Å². The van der Waals surface area contributed by atoms with Gasteiger partial charge in [-0.15, -0.1) is 0 Å². The van der Waals surface area contributed by atoms with Gasteiger partial charge in [-0.1, -0.05) is 5.16 Å². The summed E-state index contributed by atoms with van der Waals surface area (Å²) in [6.45, 7) is 3.83. The number of nitrogens with one attached hydrogen (secondary N) is 3. The van der Waals surface area contributed by atoms with Crippen LogP contribution in [0.4, 0.5) is 25.8 Å². The zero-order valence-electron chi connectivity index (χ0n) is 23.3. The van der Waals surface area contributed by atoms with Crippen molar-refractivity contribution >= 4 is 45.6 Å². The summed E-state index contributed by atoms with van der Waals surface area (Å²) in [4.78, 5) is 37.9. The number of rotatable bonds is 8. The molecule has 2 amide bonds. The van der Waals surface area contributed by atoms with Crippen LogP contribution in [0.25, 0.3) is 11.0 Å². The van der Waals surface area contributed by atoms with E-state index in [0.29, 0.717) is 42.4 Å². The number of anilines is 3. The maximum atomic E-state index is 13.8. The van der Waals surface area contributed by atoms with Crippen LogP contribution in [0, 0.1) is 11.6 Å². The first kappa shape index (κ1) is 28.2. The molecule has 0 bridgehead atoms. The molecule has 0 saturated carbocycles. The molecule has 2 aromatic heterocycles. The van der Waals surface area contributed by atoms with E-state index >= 15 is 0 Å². The fourth-order valence-corrected chi connectivity index (χ4v) is 5.13. The van der Waals surface area contributed by atoms with Gasteiger partial charge >= 0.3 is 0 Å². The van der Waals surface area contributed by atoms with Crippen LogP contribution in [0.2, 0.25) is 0 Å². The van der Waals surface area contributed by atoms with Gasteiger partial charge in [-0.3, -0.25) is 9.59 Å². The Balaban J connectivity index is 1.36. The van der Waals surface area contributed by atoms with Crippen molar-refractivity contribution in [3.8, 4) is 0 Å². The van der Waals surface area contributed by atoms with Crippen molar-refractivity contribution in [2.24, 2.45) is 5.16 Å². The number of halogens is 2. The van der Waals surface area contributed by atoms with Crippen molar-refractivity contribution in [1.82, 2.24) is 14.8 Å². The van der Waals surface area contributed by atoms with E-state index < -0.39 is 29.0 Å². The summed E-state index contributed by atoms with van der Waals surface area (Å²) in [7, 11) is 0. The van der Waals surface area contributed by atoms with Crippen LogP contribution < -0.4 is 16.0 Å². The van der Waals surface area contributed by atoms with Crippen LogP contribution in [-0.2, 0) is 25.7 Å². The maximum absolute atomic E-state index is 13.8. The number of oxime groups is 1. The Morgan fingerprint density at radius 1 is 0.953 bits per heavy atom. The van der Waals surface area contributed by atoms with Gasteiger partial charge in [-0.25, -0.2) is 18.4 Å². The van der Waals surface area contributed by atoms with E-state index in [1.807, 2.05) is 6.92 Å². The number of pyridine rings is 1. The molecule has 222 valence electrons. The summed E-state index contributed by atoms with van der Waals surface area (Å²) in [5.74, 6) is -2.60. The van der Waals surface area contributed by atoms with Gasteiger partial charge < -0.3 is 25.5 Å². The lowest BCUT2D eigenvalue weighted by atomic mass is 9.91. The Labute approximate surface area is 245 Å². The number of amides is 2. The van der Waals surface area contributed by atoms with Crippen LogP contribution in [0.15, 0.2) is 66.1 Å². The Morgan fingerprint density at radius 3 is 2.14 bits per heavy atom. The molecule has 0 spiro atoms. The number of benzene rings is 2. The second-order valence-corrected chi connectivity index (χ2v) is 10.3. The molecule has 4 aromatic rings. The minimum Gasteiger partial charge on any atom is -0.381 e. The van der Waals surface area contributed by atoms with Crippen LogP contribution in [0.1, 0.15) is 31.7 Å². The lowest BCUT2D eigenvalue weighted by Gasteiger charge is -2.26. The van der Waals surface area contributed by atoms with Gasteiger partial charge in [0.15, 0.2) is 5.65 Å². The molecule has 0 aliphatic carbocycles. The minimum absolute atomic E-state index is 0.110. The molecule has 2 aromatic carbocycles. The Bertz CT molecular complexity index is 1620.